The summed E-state index contributed by atoms with van der Waals surface area (Å²) in [7, 11) is 0. The van der Waals surface area contributed by atoms with Crippen LogP contribution in [0.4, 0.5) is 0 Å². The molecule has 1 atom stereocenters. The number of aliphatic hydroxyl groups is 1. The molecule has 1 aromatic carbocycles. The third-order valence-corrected chi connectivity index (χ3v) is 4.01. The number of amides is 1. The van der Waals surface area contributed by atoms with Crippen molar-refractivity contribution in [1.29, 1.82) is 0 Å². The molecule has 0 spiro atoms. The highest BCUT2D eigenvalue weighted by Gasteiger charge is 2.15. The number of ether oxygens (including phenoxy) is 2. The molecule has 0 aliphatic carbocycles. The number of hydrogen-bond donors (Lipinski definition) is 2. The van der Waals surface area contributed by atoms with Crippen LogP contribution in [0.2, 0.25) is 0 Å². The first kappa shape index (κ1) is 17.0. The highest BCUT2D eigenvalue weighted by atomic mass is 16.7. The summed E-state index contributed by atoms with van der Waals surface area (Å²) in [5.74, 6) is 2.45. The molecule has 0 bridgehead atoms. The second-order valence-corrected chi connectivity index (χ2v) is 5.89. The first-order valence-corrected chi connectivity index (χ1v) is 8.36. The van der Waals surface area contributed by atoms with Crippen molar-refractivity contribution in [2.45, 2.75) is 6.10 Å². The number of carbonyl (C=O) groups is 1. The number of rotatable bonds is 6. The fourth-order valence-electron chi connectivity index (χ4n) is 2.63. The van der Waals surface area contributed by atoms with Gasteiger partial charge in [-0.3, -0.25) is 4.79 Å². The number of fused-ring (bicyclic) bond motifs is 1. The van der Waals surface area contributed by atoms with Gasteiger partial charge in [-0.25, -0.2) is 0 Å². The molecule has 3 heterocycles. The molecule has 2 N–H and O–H groups in total. The minimum Gasteiger partial charge on any atom is -0.461 e. The Morgan fingerprint density at radius 1 is 1.15 bits per heavy atom. The molecule has 1 amide bonds. The zero-order chi connectivity index (χ0) is 18.6. The molecule has 0 fully saturated rings. The fourth-order valence-corrected chi connectivity index (χ4v) is 2.63. The maximum Gasteiger partial charge on any atom is 0.244 e. The Kier molecular flexibility index (Phi) is 4.67. The molecular weight excluding hydrogens is 350 g/mol. The van der Waals surface area contributed by atoms with Crippen LogP contribution in [0.1, 0.15) is 17.4 Å². The van der Waals surface area contributed by atoms with E-state index in [1.807, 2.05) is 6.07 Å². The number of carbonyl (C=O) groups excluding carboxylic acids is 1. The Hall–Kier alpha value is -3.45. The molecule has 1 aliphatic heterocycles. The van der Waals surface area contributed by atoms with Gasteiger partial charge in [0, 0.05) is 6.08 Å². The van der Waals surface area contributed by atoms with Crippen molar-refractivity contribution in [3.63, 3.8) is 0 Å². The summed E-state index contributed by atoms with van der Waals surface area (Å²) in [6.07, 6.45) is 3.63. The second-order valence-electron chi connectivity index (χ2n) is 5.89. The largest absolute Gasteiger partial charge is 0.461 e. The molecule has 4 rings (SSSR count). The van der Waals surface area contributed by atoms with Crippen LogP contribution < -0.4 is 14.8 Å². The highest BCUT2D eigenvalue weighted by molar-refractivity contribution is 5.91. The number of furan rings is 2. The van der Waals surface area contributed by atoms with E-state index in [4.69, 9.17) is 18.3 Å². The molecule has 2 aromatic heterocycles. The van der Waals surface area contributed by atoms with Gasteiger partial charge in [-0.15, -0.1) is 0 Å². The van der Waals surface area contributed by atoms with Crippen LogP contribution in [0.15, 0.2) is 63.6 Å². The first-order valence-electron chi connectivity index (χ1n) is 8.36. The van der Waals surface area contributed by atoms with Crippen LogP contribution in [0, 0.1) is 0 Å². The van der Waals surface area contributed by atoms with E-state index in [-0.39, 0.29) is 19.2 Å². The average molecular weight is 367 g/mol. The van der Waals surface area contributed by atoms with Crippen LogP contribution in [0.5, 0.6) is 11.5 Å². The van der Waals surface area contributed by atoms with Gasteiger partial charge < -0.3 is 28.7 Å². The molecule has 0 saturated carbocycles. The molecule has 7 nitrogen and oxygen atoms in total. The topological polar surface area (TPSA) is 94.1 Å². The minimum absolute atomic E-state index is 0.0232. The normalized spacial score (nSPS) is 13.8. The van der Waals surface area contributed by atoms with Crippen molar-refractivity contribution in [3.05, 3.63) is 66.1 Å². The van der Waals surface area contributed by atoms with Gasteiger partial charge in [-0.2, -0.15) is 0 Å². The molecule has 7 heteroatoms. The van der Waals surface area contributed by atoms with E-state index in [9.17, 15) is 9.90 Å². The third-order valence-electron chi connectivity index (χ3n) is 4.01. The van der Waals surface area contributed by atoms with E-state index in [2.05, 4.69) is 5.32 Å². The van der Waals surface area contributed by atoms with Gasteiger partial charge in [0.2, 0.25) is 12.7 Å². The van der Waals surface area contributed by atoms with Crippen LogP contribution in [-0.4, -0.2) is 24.4 Å². The number of benzene rings is 1. The van der Waals surface area contributed by atoms with Crippen molar-refractivity contribution in [2.24, 2.45) is 0 Å². The predicted octanol–water partition coefficient (Wildman–Crippen LogP) is 3.13. The van der Waals surface area contributed by atoms with Gasteiger partial charge in [-0.1, -0.05) is 6.07 Å². The lowest BCUT2D eigenvalue weighted by Gasteiger charge is -2.08. The Labute approximate surface area is 154 Å². The van der Waals surface area contributed by atoms with Gasteiger partial charge in [0.1, 0.15) is 11.9 Å². The molecule has 138 valence electrons. The average Bonchev–Trinajstić information content (AvgIpc) is 3.44. The molecule has 1 aliphatic rings. The second kappa shape index (κ2) is 7.43. The quantitative estimate of drug-likeness (QED) is 0.650. The third kappa shape index (κ3) is 3.88. The van der Waals surface area contributed by atoms with Gasteiger partial charge >= 0.3 is 0 Å². The lowest BCUT2D eigenvalue weighted by Crippen LogP contribution is -2.26. The highest BCUT2D eigenvalue weighted by Crippen LogP contribution is 2.32. The van der Waals surface area contributed by atoms with Crippen LogP contribution >= 0.6 is 0 Å². The van der Waals surface area contributed by atoms with Gasteiger partial charge in [0.15, 0.2) is 23.0 Å². The molecule has 0 saturated heterocycles. The summed E-state index contributed by atoms with van der Waals surface area (Å²) >= 11 is 0. The maximum atomic E-state index is 12.0. The van der Waals surface area contributed by atoms with E-state index in [0.717, 1.165) is 5.56 Å². The molecule has 3 aromatic rings. The Morgan fingerprint density at radius 3 is 2.89 bits per heavy atom. The smallest absolute Gasteiger partial charge is 0.244 e. The van der Waals surface area contributed by atoms with Crippen LogP contribution in [-0.2, 0) is 4.79 Å². The minimum atomic E-state index is -0.961. The molecule has 27 heavy (non-hydrogen) atoms. The Bertz CT molecular complexity index is 957. The van der Waals surface area contributed by atoms with Crippen LogP contribution in [0.25, 0.3) is 17.6 Å². The maximum absolute atomic E-state index is 12.0. The van der Waals surface area contributed by atoms with Crippen molar-refractivity contribution in [1.82, 2.24) is 5.32 Å². The van der Waals surface area contributed by atoms with Crippen molar-refractivity contribution < 1.29 is 28.2 Å². The van der Waals surface area contributed by atoms with E-state index in [0.29, 0.717) is 28.8 Å². The SMILES string of the molecule is O=C(C=Cc1ccc2c(c1)OCO2)NCC(O)c1ccc(-c2ccco2)o1. The van der Waals surface area contributed by atoms with Crippen molar-refractivity contribution in [3.8, 4) is 23.0 Å². The van der Waals surface area contributed by atoms with E-state index >= 15 is 0 Å². The predicted molar refractivity (Wildman–Crippen MR) is 96.0 cm³/mol. The lowest BCUT2D eigenvalue weighted by molar-refractivity contribution is -0.116. The Balaban J connectivity index is 1.31. The summed E-state index contributed by atoms with van der Waals surface area (Å²) in [6.45, 7) is 0.227. The summed E-state index contributed by atoms with van der Waals surface area (Å²) in [6, 6.07) is 12.3. The summed E-state index contributed by atoms with van der Waals surface area (Å²) < 4.78 is 21.3. The monoisotopic (exact) mass is 367 g/mol. The Morgan fingerprint density at radius 2 is 2.04 bits per heavy atom. The first-order chi connectivity index (χ1) is 13.2. The van der Waals surface area contributed by atoms with Crippen molar-refractivity contribution in [2.75, 3.05) is 13.3 Å². The fraction of sp³-hybridized carbons (Fsp3) is 0.150. The molecular formula is C20H17NO6. The van der Waals surface area contributed by atoms with Gasteiger partial charge in [0.05, 0.1) is 12.8 Å². The van der Waals surface area contributed by atoms with E-state index in [1.54, 1.807) is 48.7 Å². The van der Waals surface area contributed by atoms with Gasteiger partial charge in [-0.05, 0) is 48.0 Å². The summed E-state index contributed by atoms with van der Waals surface area (Å²) in [5, 5.41) is 12.8. The standard InChI is InChI=1S/C20H17NO6/c22-14(15-6-7-18(27-15)16-2-1-9-24-16)11-21-20(23)8-4-13-3-5-17-19(10-13)26-12-25-17/h1-10,14,22H,11-12H2,(H,21,23). The van der Waals surface area contributed by atoms with Crippen molar-refractivity contribution >= 4 is 12.0 Å². The van der Waals surface area contributed by atoms with E-state index in [1.165, 1.54) is 6.08 Å². The molecule has 1 unspecified atom stereocenters. The zero-order valence-electron chi connectivity index (χ0n) is 14.3. The number of nitrogens with one attached hydrogen (secondary N) is 1. The van der Waals surface area contributed by atoms with Crippen LogP contribution in [0.3, 0.4) is 0 Å². The van der Waals surface area contributed by atoms with E-state index < -0.39 is 6.10 Å². The summed E-state index contributed by atoms with van der Waals surface area (Å²) in [5.41, 5.74) is 0.809. The number of hydrogen-bond acceptors (Lipinski definition) is 6. The summed E-state index contributed by atoms with van der Waals surface area (Å²) in [4.78, 5) is 12.0. The number of aliphatic hydroxyl groups excluding tert-OH is 1. The van der Waals surface area contributed by atoms with Gasteiger partial charge in [0.25, 0.3) is 0 Å². The molecule has 0 radical (unpaired) electrons. The lowest BCUT2D eigenvalue weighted by atomic mass is 10.2. The zero-order valence-corrected chi connectivity index (χ0v) is 14.3.